The summed E-state index contributed by atoms with van der Waals surface area (Å²) in [5.74, 6) is 0.507. The number of benzene rings is 2. The molecule has 2 aromatic carbocycles. The van der Waals surface area contributed by atoms with Gasteiger partial charge in [-0.1, -0.05) is 26.8 Å². The first-order valence-electron chi connectivity index (χ1n) is 12.4. The van der Waals surface area contributed by atoms with Gasteiger partial charge in [0.15, 0.2) is 0 Å². The Morgan fingerprint density at radius 2 is 1.85 bits per heavy atom. The Morgan fingerprint density at radius 3 is 2.46 bits per heavy atom. The summed E-state index contributed by atoms with van der Waals surface area (Å²) in [6.07, 6.45) is 0. The molecule has 1 aliphatic rings. The Hall–Kier alpha value is -3.63. The highest BCUT2D eigenvalue weighted by atomic mass is 32.2. The number of carbonyl (C=O) groups excluding carboxylic acids is 2. The summed E-state index contributed by atoms with van der Waals surface area (Å²) in [4.78, 5) is 29.6. The maximum absolute atomic E-state index is 13.7. The van der Waals surface area contributed by atoms with Crippen molar-refractivity contribution in [2.75, 3.05) is 29.6 Å². The molecular formula is C29H29FN4O3S2. The SMILES string of the molecule is COc1ccc(-n2nc(C(C)(C)C)c3c2N(CC(=O)Nc2ccc(F)cc2)C(=O)CSC3c2cccs2)cc1. The van der Waals surface area contributed by atoms with E-state index in [1.54, 1.807) is 34.9 Å². The zero-order valence-electron chi connectivity index (χ0n) is 22.1. The lowest BCUT2D eigenvalue weighted by molar-refractivity contribution is -0.120. The van der Waals surface area contributed by atoms with Crippen molar-refractivity contribution in [3.63, 3.8) is 0 Å². The van der Waals surface area contributed by atoms with Crippen LogP contribution in [0.25, 0.3) is 5.69 Å². The Bertz CT molecular complexity index is 1480. The number of thiophene rings is 1. The van der Waals surface area contributed by atoms with Gasteiger partial charge in [-0.05, 0) is 60.0 Å². The maximum Gasteiger partial charge on any atom is 0.244 e. The molecule has 10 heteroatoms. The number of nitrogens with one attached hydrogen (secondary N) is 1. The predicted octanol–water partition coefficient (Wildman–Crippen LogP) is 6.19. The highest BCUT2D eigenvalue weighted by Gasteiger charge is 2.40. The van der Waals surface area contributed by atoms with Crippen molar-refractivity contribution in [1.29, 1.82) is 0 Å². The second-order valence-electron chi connectivity index (χ2n) is 10.2. The molecule has 2 aromatic heterocycles. The van der Waals surface area contributed by atoms with Gasteiger partial charge < -0.3 is 10.1 Å². The molecule has 0 aliphatic carbocycles. The molecule has 3 heterocycles. The Labute approximate surface area is 235 Å². The number of hydrogen-bond donors (Lipinski definition) is 1. The third-order valence-corrected chi connectivity index (χ3v) is 8.67. The molecule has 5 rings (SSSR count). The maximum atomic E-state index is 13.7. The number of aromatic nitrogens is 2. The van der Waals surface area contributed by atoms with Crippen LogP contribution in [0.2, 0.25) is 0 Å². The highest BCUT2D eigenvalue weighted by Crippen LogP contribution is 2.49. The Kier molecular flexibility index (Phi) is 7.51. The van der Waals surface area contributed by atoms with Crippen LogP contribution in [-0.2, 0) is 15.0 Å². The quantitative estimate of drug-likeness (QED) is 0.302. The van der Waals surface area contributed by atoms with Gasteiger partial charge in [0.1, 0.15) is 23.9 Å². The van der Waals surface area contributed by atoms with E-state index in [1.807, 2.05) is 35.7 Å². The van der Waals surface area contributed by atoms with Crippen molar-refractivity contribution in [2.24, 2.45) is 0 Å². The minimum atomic E-state index is -0.393. The first-order valence-corrected chi connectivity index (χ1v) is 14.4. The van der Waals surface area contributed by atoms with Crippen molar-refractivity contribution in [1.82, 2.24) is 9.78 Å². The molecule has 0 saturated heterocycles. The molecule has 7 nitrogen and oxygen atoms in total. The van der Waals surface area contributed by atoms with Gasteiger partial charge in [0.25, 0.3) is 0 Å². The van der Waals surface area contributed by atoms with Crippen LogP contribution >= 0.6 is 23.1 Å². The molecule has 1 N–H and O–H groups in total. The number of hydrogen-bond acceptors (Lipinski definition) is 6. The fourth-order valence-corrected chi connectivity index (χ4v) is 6.69. The van der Waals surface area contributed by atoms with E-state index in [4.69, 9.17) is 9.84 Å². The second-order valence-corrected chi connectivity index (χ2v) is 12.3. The molecule has 1 aliphatic heterocycles. The Balaban J connectivity index is 1.66. The van der Waals surface area contributed by atoms with E-state index < -0.39 is 5.82 Å². The number of nitrogens with zero attached hydrogens (tertiary/aromatic N) is 3. The summed E-state index contributed by atoms with van der Waals surface area (Å²) < 4.78 is 20.5. The number of thioether (sulfide) groups is 1. The van der Waals surface area contributed by atoms with Gasteiger partial charge >= 0.3 is 0 Å². The topological polar surface area (TPSA) is 76.5 Å². The number of fused-ring (bicyclic) bond motifs is 1. The monoisotopic (exact) mass is 564 g/mol. The van der Waals surface area contributed by atoms with E-state index >= 15 is 0 Å². The predicted molar refractivity (Wildman–Crippen MR) is 155 cm³/mol. The van der Waals surface area contributed by atoms with Crippen LogP contribution < -0.4 is 15.0 Å². The van der Waals surface area contributed by atoms with E-state index in [0.29, 0.717) is 17.3 Å². The number of halogens is 1. The first kappa shape index (κ1) is 27.0. The number of methoxy groups -OCH3 is 1. The van der Waals surface area contributed by atoms with E-state index in [1.165, 1.54) is 29.2 Å². The molecule has 2 amide bonds. The van der Waals surface area contributed by atoms with Crippen LogP contribution in [0, 0.1) is 5.82 Å². The van der Waals surface area contributed by atoms with Gasteiger partial charge in [-0.15, -0.1) is 23.1 Å². The lowest BCUT2D eigenvalue weighted by atomic mass is 9.88. The summed E-state index contributed by atoms with van der Waals surface area (Å²) in [5.41, 5.74) is 2.64. The summed E-state index contributed by atoms with van der Waals surface area (Å²) in [7, 11) is 1.61. The average Bonchev–Trinajstić information content (AvgIpc) is 3.55. The molecule has 0 fully saturated rings. The van der Waals surface area contributed by atoms with Crippen molar-refractivity contribution in [2.45, 2.75) is 31.4 Å². The van der Waals surface area contributed by atoms with Gasteiger partial charge in [0.2, 0.25) is 11.8 Å². The number of amides is 2. The normalized spacial score (nSPS) is 15.6. The number of ether oxygens (including phenoxy) is 1. The third kappa shape index (κ3) is 5.58. The molecule has 202 valence electrons. The molecular weight excluding hydrogens is 535 g/mol. The van der Waals surface area contributed by atoms with Crippen molar-refractivity contribution in [3.05, 3.63) is 88.0 Å². The molecule has 1 atom stereocenters. The van der Waals surface area contributed by atoms with Gasteiger partial charge in [-0.25, -0.2) is 9.07 Å². The number of carbonyl (C=O) groups is 2. The molecule has 1 unspecified atom stereocenters. The third-order valence-electron chi connectivity index (χ3n) is 6.35. The molecule has 0 saturated carbocycles. The number of anilines is 2. The zero-order valence-corrected chi connectivity index (χ0v) is 23.7. The van der Waals surface area contributed by atoms with Crippen LogP contribution in [0.15, 0.2) is 66.0 Å². The van der Waals surface area contributed by atoms with Crippen molar-refractivity contribution < 1.29 is 18.7 Å². The molecule has 39 heavy (non-hydrogen) atoms. The van der Waals surface area contributed by atoms with Crippen molar-refractivity contribution >= 4 is 46.4 Å². The van der Waals surface area contributed by atoms with Crippen LogP contribution in [0.4, 0.5) is 15.9 Å². The first-order chi connectivity index (χ1) is 18.7. The van der Waals surface area contributed by atoms with Crippen LogP contribution in [0.3, 0.4) is 0 Å². The van der Waals surface area contributed by atoms with Crippen molar-refractivity contribution in [3.8, 4) is 11.4 Å². The molecule has 4 aromatic rings. The summed E-state index contributed by atoms with van der Waals surface area (Å²) in [6, 6.07) is 17.1. The highest BCUT2D eigenvalue weighted by molar-refractivity contribution is 8.00. The lowest BCUT2D eigenvalue weighted by Gasteiger charge is -2.24. The van der Waals surface area contributed by atoms with E-state index in [9.17, 15) is 14.0 Å². The lowest BCUT2D eigenvalue weighted by Crippen LogP contribution is -2.40. The fraction of sp³-hybridized carbons (Fsp3) is 0.276. The summed E-state index contributed by atoms with van der Waals surface area (Å²) in [6.45, 7) is 6.08. The van der Waals surface area contributed by atoms with Gasteiger partial charge in [0.05, 0.1) is 29.5 Å². The van der Waals surface area contributed by atoms with Crippen LogP contribution in [0.1, 0.15) is 42.2 Å². The van der Waals surface area contributed by atoms with E-state index in [0.717, 1.165) is 21.8 Å². The van der Waals surface area contributed by atoms with E-state index in [-0.39, 0.29) is 34.8 Å². The zero-order chi connectivity index (χ0) is 27.7. The van der Waals surface area contributed by atoms with Crippen LogP contribution in [0.5, 0.6) is 5.75 Å². The minimum absolute atomic E-state index is 0.129. The van der Waals surface area contributed by atoms with Gasteiger partial charge in [0, 0.05) is 21.5 Å². The summed E-state index contributed by atoms with van der Waals surface area (Å²) in [5, 5.41) is 9.76. The molecule has 0 bridgehead atoms. The molecule has 0 spiro atoms. The minimum Gasteiger partial charge on any atom is -0.497 e. The van der Waals surface area contributed by atoms with E-state index in [2.05, 4.69) is 32.2 Å². The summed E-state index contributed by atoms with van der Waals surface area (Å²) >= 11 is 3.18. The largest absolute Gasteiger partial charge is 0.497 e. The van der Waals surface area contributed by atoms with Crippen LogP contribution in [-0.4, -0.2) is 41.0 Å². The standard InChI is InChI=1S/C29H29FN4O3S2/c1-29(2,3)27-25-26(22-6-5-15-38-22)39-17-24(36)33(16-23(35)31-19-9-7-18(30)8-10-19)28(25)34(32-27)20-11-13-21(37-4)14-12-20/h5-15,26H,16-17H2,1-4H3,(H,31,35). The average molecular weight is 565 g/mol. The van der Waals surface area contributed by atoms with Gasteiger partial charge in [-0.2, -0.15) is 5.10 Å². The number of rotatable bonds is 6. The Morgan fingerprint density at radius 1 is 1.13 bits per heavy atom. The smallest absolute Gasteiger partial charge is 0.244 e. The fourth-order valence-electron chi connectivity index (χ4n) is 4.52. The molecule has 0 radical (unpaired) electrons. The second kappa shape index (κ2) is 10.9. The van der Waals surface area contributed by atoms with Gasteiger partial charge in [-0.3, -0.25) is 14.5 Å².